The summed E-state index contributed by atoms with van der Waals surface area (Å²) in [5, 5.41) is 6.45. The predicted molar refractivity (Wildman–Crippen MR) is 137 cm³/mol. The van der Waals surface area contributed by atoms with Gasteiger partial charge >= 0.3 is 0 Å². The van der Waals surface area contributed by atoms with Crippen LogP contribution in [0.1, 0.15) is 27.0 Å². The van der Waals surface area contributed by atoms with Crippen molar-refractivity contribution in [3.63, 3.8) is 0 Å². The number of carbonyl (C=O) groups excluding carboxylic acids is 1. The first kappa shape index (κ1) is 22.7. The lowest BCUT2D eigenvalue weighted by Gasteiger charge is -2.09. The molecule has 2 N–H and O–H groups in total. The summed E-state index contributed by atoms with van der Waals surface area (Å²) >= 11 is 0. The minimum absolute atomic E-state index is 0.0502. The molecule has 5 rings (SSSR count). The van der Waals surface area contributed by atoms with E-state index in [1.165, 1.54) is 16.7 Å². The summed E-state index contributed by atoms with van der Waals surface area (Å²) in [4.78, 5) is 12.5. The van der Waals surface area contributed by atoms with E-state index in [2.05, 4.69) is 47.0 Å². The summed E-state index contributed by atoms with van der Waals surface area (Å²) in [7, 11) is 0. The zero-order chi connectivity index (χ0) is 23.9. The maximum Gasteiger partial charge on any atom is 0.251 e. The Balaban J connectivity index is 1.05. The normalized spacial score (nSPS) is 11.9. The van der Waals surface area contributed by atoms with Crippen LogP contribution in [0.25, 0.3) is 11.1 Å². The van der Waals surface area contributed by atoms with Crippen molar-refractivity contribution in [3.05, 3.63) is 119 Å². The van der Waals surface area contributed by atoms with Crippen LogP contribution < -0.4 is 20.1 Å². The van der Waals surface area contributed by atoms with Crippen molar-refractivity contribution >= 4 is 5.91 Å². The van der Waals surface area contributed by atoms with E-state index in [-0.39, 0.29) is 12.7 Å². The largest absolute Gasteiger partial charge is 0.454 e. The molecule has 1 heterocycles. The van der Waals surface area contributed by atoms with Crippen LogP contribution in [0, 0.1) is 0 Å². The maximum atomic E-state index is 12.5. The van der Waals surface area contributed by atoms with Gasteiger partial charge in [0, 0.05) is 25.2 Å². The fourth-order valence-electron chi connectivity index (χ4n) is 4.09. The summed E-state index contributed by atoms with van der Waals surface area (Å²) in [5.41, 5.74) is 6.54. The molecule has 0 radical (unpaired) electrons. The van der Waals surface area contributed by atoms with Gasteiger partial charge in [-0.1, -0.05) is 72.8 Å². The number of benzene rings is 4. The molecule has 4 aromatic carbocycles. The summed E-state index contributed by atoms with van der Waals surface area (Å²) in [5.74, 6) is 1.54. The van der Waals surface area contributed by atoms with Gasteiger partial charge in [-0.2, -0.15) is 0 Å². The van der Waals surface area contributed by atoms with Gasteiger partial charge in [0.15, 0.2) is 11.5 Å². The molecule has 4 aromatic rings. The Morgan fingerprint density at radius 1 is 0.686 bits per heavy atom. The molecule has 5 heteroatoms. The van der Waals surface area contributed by atoms with E-state index in [1.807, 2.05) is 60.7 Å². The standard InChI is InChI=1S/C30H28N2O3/c33-30(32-17-16-22-6-11-26(12-7-22)25-4-2-1-3-5-25)27-13-8-23(9-14-27)19-31-20-24-10-15-28-29(18-24)35-21-34-28/h1-15,18,31H,16-17,19-21H2,(H,32,33). The highest BCUT2D eigenvalue weighted by Crippen LogP contribution is 2.32. The molecule has 0 saturated carbocycles. The Labute approximate surface area is 205 Å². The van der Waals surface area contributed by atoms with Gasteiger partial charge in [-0.05, 0) is 58.5 Å². The number of amides is 1. The van der Waals surface area contributed by atoms with Gasteiger partial charge in [-0.25, -0.2) is 0 Å². The molecule has 0 atom stereocenters. The van der Waals surface area contributed by atoms with Crippen molar-refractivity contribution < 1.29 is 14.3 Å². The maximum absolute atomic E-state index is 12.5. The SMILES string of the molecule is O=C(NCCc1ccc(-c2ccccc2)cc1)c1ccc(CNCc2ccc3c(c2)OCO3)cc1. The Morgan fingerprint density at radius 2 is 1.34 bits per heavy atom. The Kier molecular flexibility index (Phi) is 7.06. The molecule has 0 saturated heterocycles. The second-order valence-corrected chi connectivity index (χ2v) is 8.56. The van der Waals surface area contributed by atoms with Crippen LogP contribution in [0.2, 0.25) is 0 Å². The molecule has 1 aliphatic rings. The molecule has 0 unspecified atom stereocenters. The van der Waals surface area contributed by atoms with Crippen LogP contribution in [-0.2, 0) is 19.5 Å². The first-order valence-electron chi connectivity index (χ1n) is 11.9. The number of hydrogen-bond donors (Lipinski definition) is 2. The monoisotopic (exact) mass is 464 g/mol. The number of ether oxygens (including phenoxy) is 2. The highest BCUT2D eigenvalue weighted by Gasteiger charge is 2.13. The smallest absolute Gasteiger partial charge is 0.251 e. The average molecular weight is 465 g/mol. The van der Waals surface area contributed by atoms with Crippen LogP contribution in [0.3, 0.4) is 0 Å². The third kappa shape index (κ3) is 5.89. The van der Waals surface area contributed by atoms with E-state index < -0.39 is 0 Å². The zero-order valence-corrected chi connectivity index (χ0v) is 19.5. The van der Waals surface area contributed by atoms with Crippen molar-refractivity contribution in [1.29, 1.82) is 0 Å². The molecule has 176 valence electrons. The average Bonchev–Trinajstić information content (AvgIpc) is 3.38. The lowest BCUT2D eigenvalue weighted by atomic mass is 10.0. The Bertz CT molecular complexity index is 1270. The van der Waals surface area contributed by atoms with E-state index in [0.29, 0.717) is 12.1 Å². The van der Waals surface area contributed by atoms with E-state index in [4.69, 9.17) is 9.47 Å². The second-order valence-electron chi connectivity index (χ2n) is 8.56. The molecule has 35 heavy (non-hydrogen) atoms. The van der Waals surface area contributed by atoms with Crippen molar-refractivity contribution in [3.8, 4) is 22.6 Å². The molecule has 0 aliphatic carbocycles. The third-order valence-corrected chi connectivity index (χ3v) is 6.07. The number of carbonyl (C=O) groups is 1. The van der Waals surface area contributed by atoms with Crippen LogP contribution in [0.4, 0.5) is 0 Å². The predicted octanol–water partition coefficient (Wildman–Crippen LogP) is 5.34. The quantitative estimate of drug-likeness (QED) is 0.351. The lowest BCUT2D eigenvalue weighted by molar-refractivity contribution is 0.0954. The number of nitrogens with one attached hydrogen (secondary N) is 2. The van der Waals surface area contributed by atoms with Crippen LogP contribution in [0.15, 0.2) is 97.1 Å². The van der Waals surface area contributed by atoms with Gasteiger partial charge in [0.25, 0.3) is 5.91 Å². The second kappa shape index (κ2) is 10.9. The molecule has 0 spiro atoms. The van der Waals surface area contributed by atoms with Crippen LogP contribution >= 0.6 is 0 Å². The zero-order valence-electron chi connectivity index (χ0n) is 19.5. The molecular weight excluding hydrogens is 436 g/mol. The van der Waals surface area contributed by atoms with Crippen molar-refractivity contribution in [2.24, 2.45) is 0 Å². The van der Waals surface area contributed by atoms with Crippen molar-refractivity contribution in [2.45, 2.75) is 19.5 Å². The molecule has 0 aromatic heterocycles. The summed E-state index contributed by atoms with van der Waals surface area (Å²) < 4.78 is 10.8. The highest BCUT2D eigenvalue weighted by molar-refractivity contribution is 5.94. The van der Waals surface area contributed by atoms with Crippen molar-refractivity contribution in [2.75, 3.05) is 13.3 Å². The fraction of sp³-hybridized carbons (Fsp3) is 0.167. The van der Waals surface area contributed by atoms with Crippen LogP contribution in [-0.4, -0.2) is 19.2 Å². The molecule has 0 fully saturated rings. The molecule has 0 bridgehead atoms. The molecule has 5 nitrogen and oxygen atoms in total. The van der Waals surface area contributed by atoms with Gasteiger partial charge in [0.2, 0.25) is 6.79 Å². The first-order chi connectivity index (χ1) is 17.2. The minimum Gasteiger partial charge on any atom is -0.454 e. The van der Waals surface area contributed by atoms with E-state index in [0.717, 1.165) is 42.1 Å². The molecule has 1 amide bonds. The van der Waals surface area contributed by atoms with E-state index >= 15 is 0 Å². The van der Waals surface area contributed by atoms with Gasteiger partial charge < -0.3 is 20.1 Å². The topological polar surface area (TPSA) is 59.6 Å². The summed E-state index contributed by atoms with van der Waals surface area (Å²) in [6, 6.07) is 32.5. The van der Waals surface area contributed by atoms with E-state index in [9.17, 15) is 4.79 Å². The minimum atomic E-state index is -0.0502. The van der Waals surface area contributed by atoms with Gasteiger partial charge in [0.05, 0.1) is 0 Å². The van der Waals surface area contributed by atoms with Gasteiger partial charge in [-0.3, -0.25) is 4.79 Å². The summed E-state index contributed by atoms with van der Waals surface area (Å²) in [6.45, 7) is 2.33. The fourth-order valence-corrected chi connectivity index (χ4v) is 4.09. The Morgan fingerprint density at radius 3 is 2.14 bits per heavy atom. The lowest BCUT2D eigenvalue weighted by Crippen LogP contribution is -2.25. The van der Waals surface area contributed by atoms with E-state index in [1.54, 1.807) is 0 Å². The number of hydrogen-bond acceptors (Lipinski definition) is 4. The van der Waals surface area contributed by atoms with Crippen molar-refractivity contribution in [1.82, 2.24) is 10.6 Å². The third-order valence-electron chi connectivity index (χ3n) is 6.07. The highest BCUT2D eigenvalue weighted by atomic mass is 16.7. The summed E-state index contributed by atoms with van der Waals surface area (Å²) in [6.07, 6.45) is 0.794. The molecule has 1 aliphatic heterocycles. The number of fused-ring (bicyclic) bond motifs is 1. The van der Waals surface area contributed by atoms with Gasteiger partial charge in [-0.15, -0.1) is 0 Å². The van der Waals surface area contributed by atoms with Crippen LogP contribution in [0.5, 0.6) is 11.5 Å². The Hall–Kier alpha value is -4.09. The molecular formula is C30H28N2O3. The number of rotatable bonds is 9. The first-order valence-corrected chi connectivity index (χ1v) is 11.9. The van der Waals surface area contributed by atoms with Gasteiger partial charge in [0.1, 0.15) is 0 Å².